The Bertz CT molecular complexity index is 693. The minimum atomic E-state index is -0.982. The Morgan fingerprint density at radius 3 is 2.41 bits per heavy atom. The number of esters is 2. The molecule has 0 radical (unpaired) electrons. The van der Waals surface area contributed by atoms with Crippen LogP contribution >= 0.6 is 22.6 Å². The molecule has 2 aromatic rings. The van der Waals surface area contributed by atoms with Gasteiger partial charge in [0.1, 0.15) is 3.42 Å². The first-order valence-corrected chi connectivity index (χ1v) is 7.89. The highest BCUT2D eigenvalue weighted by atomic mass is 127. The number of hydrogen-bond acceptors (Lipinski definition) is 4. The SMILES string of the molecule is COC(=O)CC(I)(Cc1cccc2ccccc12)C(=O)OC. The van der Waals surface area contributed by atoms with Crippen LogP contribution in [0.4, 0.5) is 0 Å². The van der Waals surface area contributed by atoms with Gasteiger partial charge in [0, 0.05) is 0 Å². The molecule has 2 aromatic carbocycles. The number of halogens is 1. The van der Waals surface area contributed by atoms with E-state index in [2.05, 4.69) is 0 Å². The van der Waals surface area contributed by atoms with Gasteiger partial charge in [0.2, 0.25) is 0 Å². The summed E-state index contributed by atoms with van der Waals surface area (Å²) in [6.07, 6.45) is 0.372. The van der Waals surface area contributed by atoms with E-state index in [4.69, 9.17) is 9.47 Å². The van der Waals surface area contributed by atoms with E-state index >= 15 is 0 Å². The van der Waals surface area contributed by atoms with Crippen LogP contribution in [0.2, 0.25) is 0 Å². The molecule has 0 aliphatic carbocycles. The number of carbonyl (C=O) groups excluding carboxylic acids is 2. The van der Waals surface area contributed by atoms with Gasteiger partial charge in [-0.15, -0.1) is 0 Å². The van der Waals surface area contributed by atoms with E-state index in [0.717, 1.165) is 16.3 Å². The molecule has 0 aliphatic rings. The van der Waals surface area contributed by atoms with Gasteiger partial charge < -0.3 is 9.47 Å². The van der Waals surface area contributed by atoms with Gasteiger partial charge in [-0.3, -0.25) is 9.59 Å². The fourth-order valence-electron chi connectivity index (χ4n) is 2.44. The highest BCUT2D eigenvalue weighted by Crippen LogP contribution is 2.32. The van der Waals surface area contributed by atoms with Crippen LogP contribution in [-0.2, 0) is 25.5 Å². The highest BCUT2D eigenvalue weighted by Gasteiger charge is 2.40. The zero-order valence-corrected chi connectivity index (χ0v) is 14.6. The fourth-order valence-corrected chi connectivity index (χ4v) is 3.38. The quantitative estimate of drug-likeness (QED) is 0.430. The van der Waals surface area contributed by atoms with Crippen molar-refractivity contribution in [2.24, 2.45) is 0 Å². The van der Waals surface area contributed by atoms with Crippen LogP contribution in [0.15, 0.2) is 42.5 Å². The molecule has 0 heterocycles. The molecule has 0 aromatic heterocycles. The Kier molecular flexibility index (Phi) is 5.39. The highest BCUT2D eigenvalue weighted by molar-refractivity contribution is 14.1. The second-order valence-corrected chi connectivity index (χ2v) is 7.09. The molecular formula is C17H17IO4. The maximum atomic E-state index is 12.2. The number of alkyl halides is 1. The molecule has 0 spiro atoms. The summed E-state index contributed by atoms with van der Waals surface area (Å²) >= 11 is 2.00. The van der Waals surface area contributed by atoms with Gasteiger partial charge in [-0.25, -0.2) is 0 Å². The van der Waals surface area contributed by atoms with E-state index in [0.29, 0.717) is 6.42 Å². The molecule has 0 aliphatic heterocycles. The smallest absolute Gasteiger partial charge is 0.322 e. The summed E-state index contributed by atoms with van der Waals surface area (Å²) in [7, 11) is 2.64. The first kappa shape index (κ1) is 16.7. The van der Waals surface area contributed by atoms with E-state index < -0.39 is 15.4 Å². The molecule has 0 saturated heterocycles. The Hall–Kier alpha value is -1.63. The third kappa shape index (κ3) is 3.58. The zero-order valence-electron chi connectivity index (χ0n) is 12.5. The predicted molar refractivity (Wildman–Crippen MR) is 93.1 cm³/mol. The van der Waals surface area contributed by atoms with Crippen LogP contribution in [-0.4, -0.2) is 29.6 Å². The molecule has 0 bridgehead atoms. The minimum absolute atomic E-state index is 0.0278. The number of fused-ring (bicyclic) bond motifs is 1. The molecule has 1 unspecified atom stereocenters. The van der Waals surface area contributed by atoms with Crippen molar-refractivity contribution in [3.63, 3.8) is 0 Å². The molecule has 116 valence electrons. The monoisotopic (exact) mass is 412 g/mol. The largest absolute Gasteiger partial charge is 0.469 e. The van der Waals surface area contributed by atoms with Crippen molar-refractivity contribution in [1.82, 2.24) is 0 Å². The van der Waals surface area contributed by atoms with Crippen LogP contribution in [0.3, 0.4) is 0 Å². The third-order valence-corrected chi connectivity index (χ3v) is 4.76. The van der Waals surface area contributed by atoms with Gasteiger partial charge in [0.15, 0.2) is 0 Å². The molecular weight excluding hydrogens is 395 g/mol. The van der Waals surface area contributed by atoms with Gasteiger partial charge in [-0.1, -0.05) is 65.1 Å². The summed E-state index contributed by atoms with van der Waals surface area (Å²) in [5.41, 5.74) is 1.00. The molecule has 1 atom stereocenters. The summed E-state index contributed by atoms with van der Waals surface area (Å²) in [4.78, 5) is 23.9. The van der Waals surface area contributed by atoms with E-state index in [1.54, 1.807) is 0 Å². The van der Waals surface area contributed by atoms with Gasteiger partial charge >= 0.3 is 11.9 Å². The number of carbonyl (C=O) groups is 2. The second-order valence-electron chi connectivity index (χ2n) is 5.02. The molecule has 4 nitrogen and oxygen atoms in total. The topological polar surface area (TPSA) is 52.6 Å². The minimum Gasteiger partial charge on any atom is -0.469 e. The lowest BCUT2D eigenvalue weighted by Gasteiger charge is -2.24. The normalized spacial score (nSPS) is 13.4. The lowest BCUT2D eigenvalue weighted by atomic mass is 9.92. The van der Waals surface area contributed by atoms with E-state index in [1.807, 2.05) is 65.1 Å². The van der Waals surface area contributed by atoms with Gasteiger partial charge in [-0.2, -0.15) is 0 Å². The average molecular weight is 412 g/mol. The van der Waals surface area contributed by atoms with Crippen molar-refractivity contribution < 1.29 is 19.1 Å². The van der Waals surface area contributed by atoms with E-state index in [-0.39, 0.29) is 6.42 Å². The van der Waals surface area contributed by atoms with E-state index in [9.17, 15) is 9.59 Å². The summed E-state index contributed by atoms with van der Waals surface area (Å²) in [6, 6.07) is 13.9. The van der Waals surface area contributed by atoms with Crippen molar-refractivity contribution in [2.75, 3.05) is 14.2 Å². The van der Waals surface area contributed by atoms with Crippen molar-refractivity contribution in [1.29, 1.82) is 0 Å². The summed E-state index contributed by atoms with van der Waals surface area (Å²) in [5, 5.41) is 2.17. The van der Waals surface area contributed by atoms with Crippen LogP contribution in [0, 0.1) is 0 Å². The van der Waals surface area contributed by atoms with Gasteiger partial charge in [0.05, 0.1) is 20.6 Å². The third-order valence-electron chi connectivity index (χ3n) is 3.55. The van der Waals surface area contributed by atoms with Crippen molar-refractivity contribution >= 4 is 45.3 Å². The number of hydrogen-bond donors (Lipinski definition) is 0. The maximum Gasteiger partial charge on any atom is 0.322 e. The van der Waals surface area contributed by atoms with Crippen LogP contribution in [0.5, 0.6) is 0 Å². The molecule has 22 heavy (non-hydrogen) atoms. The number of methoxy groups -OCH3 is 2. The summed E-state index contributed by atoms with van der Waals surface area (Å²) in [6.45, 7) is 0. The zero-order chi connectivity index (χ0) is 16.2. The Morgan fingerprint density at radius 2 is 1.73 bits per heavy atom. The Labute approximate surface area is 142 Å². The predicted octanol–water partition coefficient (Wildman–Crippen LogP) is 3.29. The van der Waals surface area contributed by atoms with Gasteiger partial charge in [0.25, 0.3) is 0 Å². The second kappa shape index (κ2) is 7.09. The maximum absolute atomic E-state index is 12.2. The number of benzene rings is 2. The van der Waals surface area contributed by atoms with Crippen LogP contribution in [0.1, 0.15) is 12.0 Å². The average Bonchev–Trinajstić information content (AvgIpc) is 2.54. The molecule has 0 amide bonds. The lowest BCUT2D eigenvalue weighted by Crippen LogP contribution is -2.38. The molecule has 0 fully saturated rings. The summed E-state index contributed by atoms with van der Waals surface area (Å²) in [5.74, 6) is -0.855. The Balaban J connectivity index is 2.41. The molecule has 5 heteroatoms. The van der Waals surface area contributed by atoms with Gasteiger partial charge in [-0.05, 0) is 22.8 Å². The molecule has 0 N–H and O–H groups in total. The number of ether oxygens (including phenoxy) is 2. The molecule has 0 saturated carbocycles. The Morgan fingerprint density at radius 1 is 1.05 bits per heavy atom. The first-order valence-electron chi connectivity index (χ1n) is 6.81. The van der Waals surface area contributed by atoms with Crippen LogP contribution < -0.4 is 0 Å². The fraction of sp³-hybridized carbons (Fsp3) is 0.294. The van der Waals surface area contributed by atoms with Crippen molar-refractivity contribution in [3.05, 3.63) is 48.0 Å². The first-order chi connectivity index (χ1) is 10.5. The van der Waals surface area contributed by atoms with Crippen molar-refractivity contribution in [3.8, 4) is 0 Å². The standard InChI is InChI=1S/C17H17IO4/c1-21-15(19)11-17(18,16(20)22-2)10-13-8-5-7-12-6-3-4-9-14(12)13/h3-9H,10-11H2,1-2H3. The van der Waals surface area contributed by atoms with Crippen LogP contribution in [0.25, 0.3) is 10.8 Å². The summed E-state index contributed by atoms with van der Waals surface area (Å²) < 4.78 is 8.62. The molecule has 2 rings (SSSR count). The number of rotatable bonds is 5. The van der Waals surface area contributed by atoms with E-state index in [1.165, 1.54) is 14.2 Å². The van der Waals surface area contributed by atoms with Crippen molar-refractivity contribution in [2.45, 2.75) is 16.3 Å². The lowest BCUT2D eigenvalue weighted by molar-refractivity contribution is -0.149.